The maximum atomic E-state index is 5.56. The standard InChI is InChI=1S/C14H22N2S/c1-12(11-14(15)17)16(2)10-6-9-13-7-4-3-5-8-13/h3-5,7-8,12H,6,9-11H2,1-2H3,(H2,15,17). The SMILES string of the molecule is CC(CC(N)=S)N(C)CCCc1ccccc1. The third-order valence-electron chi connectivity index (χ3n) is 3.07. The molecule has 0 fully saturated rings. The largest absolute Gasteiger partial charge is 0.393 e. The highest BCUT2D eigenvalue weighted by Crippen LogP contribution is 2.06. The minimum atomic E-state index is 0.434. The van der Waals surface area contributed by atoms with E-state index in [9.17, 15) is 0 Å². The molecule has 94 valence electrons. The molecule has 1 atom stereocenters. The molecule has 0 radical (unpaired) electrons. The van der Waals surface area contributed by atoms with Gasteiger partial charge in [0.2, 0.25) is 0 Å². The molecular formula is C14H22N2S. The normalized spacial score (nSPS) is 12.6. The molecule has 0 heterocycles. The highest BCUT2D eigenvalue weighted by Gasteiger charge is 2.09. The van der Waals surface area contributed by atoms with Crippen molar-refractivity contribution in [3.63, 3.8) is 0 Å². The lowest BCUT2D eigenvalue weighted by Gasteiger charge is -2.24. The number of nitrogens with zero attached hydrogens (tertiary/aromatic N) is 1. The van der Waals surface area contributed by atoms with Gasteiger partial charge in [0.15, 0.2) is 0 Å². The van der Waals surface area contributed by atoms with Crippen molar-refractivity contribution >= 4 is 17.2 Å². The first-order valence-corrected chi connectivity index (χ1v) is 6.53. The van der Waals surface area contributed by atoms with Crippen LogP contribution in [0, 0.1) is 0 Å². The summed E-state index contributed by atoms with van der Waals surface area (Å²) >= 11 is 4.93. The van der Waals surface area contributed by atoms with Crippen LogP contribution in [-0.2, 0) is 6.42 Å². The van der Waals surface area contributed by atoms with Crippen molar-refractivity contribution in [1.82, 2.24) is 4.90 Å². The molecule has 1 aromatic carbocycles. The van der Waals surface area contributed by atoms with Crippen LogP contribution in [0.15, 0.2) is 30.3 Å². The third kappa shape index (κ3) is 5.80. The second-order valence-electron chi connectivity index (χ2n) is 4.59. The third-order valence-corrected chi connectivity index (χ3v) is 3.23. The summed E-state index contributed by atoms with van der Waals surface area (Å²) in [4.78, 5) is 2.93. The Labute approximate surface area is 110 Å². The van der Waals surface area contributed by atoms with Crippen LogP contribution in [0.4, 0.5) is 0 Å². The average molecular weight is 250 g/mol. The number of benzene rings is 1. The van der Waals surface area contributed by atoms with Gasteiger partial charge in [-0.15, -0.1) is 0 Å². The number of thiocarbonyl (C=S) groups is 1. The molecule has 1 rings (SSSR count). The lowest BCUT2D eigenvalue weighted by atomic mass is 10.1. The Bertz CT molecular complexity index is 337. The zero-order valence-electron chi connectivity index (χ0n) is 10.7. The maximum absolute atomic E-state index is 5.56. The molecule has 0 saturated heterocycles. The van der Waals surface area contributed by atoms with Crippen molar-refractivity contribution in [1.29, 1.82) is 0 Å². The van der Waals surface area contributed by atoms with Gasteiger partial charge in [0.1, 0.15) is 0 Å². The van der Waals surface area contributed by atoms with Crippen LogP contribution in [0.2, 0.25) is 0 Å². The Morgan fingerprint density at radius 1 is 1.35 bits per heavy atom. The van der Waals surface area contributed by atoms with Crippen LogP contribution in [0.1, 0.15) is 25.3 Å². The molecule has 0 amide bonds. The van der Waals surface area contributed by atoms with E-state index >= 15 is 0 Å². The Hall–Kier alpha value is -0.930. The van der Waals surface area contributed by atoms with Crippen LogP contribution < -0.4 is 5.73 Å². The van der Waals surface area contributed by atoms with E-state index in [2.05, 4.69) is 49.2 Å². The van der Waals surface area contributed by atoms with Gasteiger partial charge in [0.25, 0.3) is 0 Å². The molecule has 3 heteroatoms. The van der Waals surface area contributed by atoms with Gasteiger partial charge < -0.3 is 10.6 Å². The molecule has 0 aromatic heterocycles. The highest BCUT2D eigenvalue weighted by molar-refractivity contribution is 7.80. The van der Waals surface area contributed by atoms with Crippen LogP contribution in [-0.4, -0.2) is 29.5 Å². The average Bonchev–Trinajstić information content (AvgIpc) is 2.29. The van der Waals surface area contributed by atoms with Gasteiger partial charge in [0.05, 0.1) is 4.99 Å². The van der Waals surface area contributed by atoms with E-state index in [0.717, 1.165) is 19.4 Å². The first kappa shape index (κ1) is 14.1. The van der Waals surface area contributed by atoms with Crippen LogP contribution in [0.5, 0.6) is 0 Å². The van der Waals surface area contributed by atoms with E-state index in [4.69, 9.17) is 18.0 Å². The molecule has 2 N–H and O–H groups in total. The summed E-state index contributed by atoms with van der Waals surface area (Å²) in [5.41, 5.74) is 6.96. The molecule has 2 nitrogen and oxygen atoms in total. The molecule has 1 aromatic rings. The minimum Gasteiger partial charge on any atom is -0.393 e. The molecule has 0 spiro atoms. The maximum Gasteiger partial charge on any atom is 0.0742 e. The van der Waals surface area contributed by atoms with Crippen molar-refractivity contribution < 1.29 is 0 Å². The molecule has 17 heavy (non-hydrogen) atoms. The first-order chi connectivity index (χ1) is 8.09. The fourth-order valence-electron chi connectivity index (χ4n) is 1.84. The summed E-state index contributed by atoms with van der Waals surface area (Å²) in [7, 11) is 2.13. The highest BCUT2D eigenvalue weighted by atomic mass is 32.1. The minimum absolute atomic E-state index is 0.434. The number of nitrogens with two attached hydrogens (primary N) is 1. The van der Waals surface area contributed by atoms with Gasteiger partial charge in [0, 0.05) is 12.5 Å². The van der Waals surface area contributed by atoms with Crippen LogP contribution in [0.3, 0.4) is 0 Å². The van der Waals surface area contributed by atoms with E-state index in [1.54, 1.807) is 0 Å². The summed E-state index contributed by atoms with van der Waals surface area (Å²) in [6.07, 6.45) is 3.10. The smallest absolute Gasteiger partial charge is 0.0742 e. The van der Waals surface area contributed by atoms with Crippen molar-refractivity contribution in [3.05, 3.63) is 35.9 Å². The summed E-state index contributed by atoms with van der Waals surface area (Å²) in [6.45, 7) is 3.25. The molecule has 0 saturated carbocycles. The van der Waals surface area contributed by atoms with E-state index < -0.39 is 0 Å². The molecule has 0 aliphatic heterocycles. The van der Waals surface area contributed by atoms with Crippen molar-refractivity contribution in [3.8, 4) is 0 Å². The predicted octanol–water partition coefficient (Wildman–Crippen LogP) is 2.62. The zero-order chi connectivity index (χ0) is 12.7. The number of hydrogen-bond acceptors (Lipinski definition) is 2. The Balaban J connectivity index is 2.24. The van der Waals surface area contributed by atoms with E-state index in [1.807, 2.05) is 0 Å². The van der Waals surface area contributed by atoms with Crippen LogP contribution in [0.25, 0.3) is 0 Å². The lowest BCUT2D eigenvalue weighted by Crippen LogP contribution is -2.33. The van der Waals surface area contributed by atoms with E-state index in [-0.39, 0.29) is 0 Å². The van der Waals surface area contributed by atoms with Gasteiger partial charge in [-0.25, -0.2) is 0 Å². The fraction of sp³-hybridized carbons (Fsp3) is 0.500. The Kier molecular flexibility index (Phi) is 6.16. The van der Waals surface area contributed by atoms with Crippen molar-refractivity contribution in [2.24, 2.45) is 5.73 Å². The Morgan fingerprint density at radius 3 is 2.59 bits per heavy atom. The second-order valence-corrected chi connectivity index (χ2v) is 5.11. The fourth-order valence-corrected chi connectivity index (χ4v) is 2.09. The number of rotatable bonds is 7. The summed E-state index contributed by atoms with van der Waals surface area (Å²) < 4.78 is 0. The monoisotopic (exact) mass is 250 g/mol. The molecule has 0 bridgehead atoms. The summed E-state index contributed by atoms with van der Waals surface area (Å²) in [5.74, 6) is 0. The van der Waals surface area contributed by atoms with Gasteiger partial charge in [-0.2, -0.15) is 0 Å². The van der Waals surface area contributed by atoms with E-state index in [1.165, 1.54) is 12.0 Å². The predicted molar refractivity (Wildman–Crippen MR) is 78.3 cm³/mol. The van der Waals surface area contributed by atoms with Gasteiger partial charge in [-0.3, -0.25) is 0 Å². The van der Waals surface area contributed by atoms with Crippen LogP contribution >= 0.6 is 12.2 Å². The molecular weight excluding hydrogens is 228 g/mol. The van der Waals surface area contributed by atoms with Crippen molar-refractivity contribution in [2.75, 3.05) is 13.6 Å². The topological polar surface area (TPSA) is 29.3 Å². The summed E-state index contributed by atoms with van der Waals surface area (Å²) in [5, 5.41) is 0. The quantitative estimate of drug-likeness (QED) is 0.754. The Morgan fingerprint density at radius 2 is 2.00 bits per heavy atom. The summed E-state index contributed by atoms with van der Waals surface area (Å²) in [6, 6.07) is 11.0. The number of aryl methyl sites for hydroxylation is 1. The van der Waals surface area contributed by atoms with Gasteiger partial charge in [-0.1, -0.05) is 42.5 Å². The molecule has 0 aliphatic carbocycles. The number of hydrogen-bond donors (Lipinski definition) is 1. The first-order valence-electron chi connectivity index (χ1n) is 6.12. The lowest BCUT2D eigenvalue weighted by molar-refractivity contribution is 0.260. The molecule has 0 aliphatic rings. The molecule has 1 unspecified atom stereocenters. The van der Waals surface area contributed by atoms with Crippen molar-refractivity contribution in [2.45, 2.75) is 32.2 Å². The van der Waals surface area contributed by atoms with Gasteiger partial charge in [-0.05, 0) is 38.9 Å². The second kappa shape index (κ2) is 7.41. The van der Waals surface area contributed by atoms with Gasteiger partial charge >= 0.3 is 0 Å². The van der Waals surface area contributed by atoms with E-state index in [0.29, 0.717) is 11.0 Å². The zero-order valence-corrected chi connectivity index (χ0v) is 11.5.